The lowest BCUT2D eigenvalue weighted by atomic mass is 10.0. The Labute approximate surface area is 115 Å². The zero-order valence-corrected chi connectivity index (χ0v) is 13.2. The zero-order valence-electron chi connectivity index (χ0n) is 10.0. The molecule has 17 heavy (non-hydrogen) atoms. The average molecular weight is 338 g/mol. The normalized spacial score (nSPS) is 13.7. The Morgan fingerprint density at radius 2 is 2.06 bits per heavy atom. The third-order valence-electron chi connectivity index (χ3n) is 2.56. The van der Waals surface area contributed by atoms with Gasteiger partial charge in [-0.2, -0.15) is 0 Å². The maximum atomic E-state index is 11.8. The summed E-state index contributed by atoms with van der Waals surface area (Å²) < 4.78 is 24.3. The average Bonchev–Trinajstić information content (AvgIpc) is 2.25. The van der Waals surface area contributed by atoms with Gasteiger partial charge in [0.1, 0.15) is 0 Å². The topological polar surface area (TPSA) is 60.2 Å². The van der Waals surface area contributed by atoms with Crippen LogP contribution in [0.25, 0.3) is 0 Å². The minimum Gasteiger partial charge on any atom is -0.330 e. The molecule has 6 heteroatoms. The number of halogens is 1. The van der Waals surface area contributed by atoms with E-state index in [0.717, 1.165) is 14.9 Å². The van der Waals surface area contributed by atoms with Gasteiger partial charge in [-0.05, 0) is 52.3 Å². The van der Waals surface area contributed by atoms with Gasteiger partial charge in [0.25, 0.3) is 0 Å². The molecule has 2 N–H and O–H groups in total. The molecule has 1 aromatic carbocycles. The minimum atomic E-state index is -3.22. The van der Waals surface area contributed by atoms with Crippen molar-refractivity contribution in [1.82, 2.24) is 0 Å². The standard InChI is InChI=1S/C11H16BrNO2S2/c1-7(6-13)8-4-9(12)11(16-2)10(5-8)17(3,14)15/h4-5,7H,6,13H2,1-3H3. The summed E-state index contributed by atoms with van der Waals surface area (Å²) in [5, 5.41) is 0. The highest BCUT2D eigenvalue weighted by Gasteiger charge is 2.18. The number of rotatable bonds is 4. The molecule has 0 radical (unpaired) electrons. The van der Waals surface area contributed by atoms with Gasteiger partial charge in [-0.25, -0.2) is 8.42 Å². The summed E-state index contributed by atoms with van der Waals surface area (Å²) in [6, 6.07) is 3.67. The molecule has 0 bridgehead atoms. The summed E-state index contributed by atoms with van der Waals surface area (Å²) >= 11 is 4.84. The number of nitrogens with two attached hydrogens (primary N) is 1. The van der Waals surface area contributed by atoms with Crippen molar-refractivity contribution in [1.29, 1.82) is 0 Å². The van der Waals surface area contributed by atoms with E-state index in [9.17, 15) is 8.42 Å². The van der Waals surface area contributed by atoms with Crippen molar-refractivity contribution in [3.8, 4) is 0 Å². The third-order valence-corrected chi connectivity index (χ3v) is 5.54. The van der Waals surface area contributed by atoms with Crippen LogP contribution in [0, 0.1) is 0 Å². The largest absolute Gasteiger partial charge is 0.330 e. The highest BCUT2D eigenvalue weighted by molar-refractivity contribution is 9.10. The van der Waals surface area contributed by atoms with E-state index in [0.29, 0.717) is 11.4 Å². The number of hydrogen-bond donors (Lipinski definition) is 1. The molecule has 0 amide bonds. The van der Waals surface area contributed by atoms with Crippen LogP contribution in [0.15, 0.2) is 26.4 Å². The van der Waals surface area contributed by atoms with Crippen molar-refractivity contribution in [2.75, 3.05) is 19.1 Å². The molecule has 0 fully saturated rings. The van der Waals surface area contributed by atoms with E-state index in [-0.39, 0.29) is 5.92 Å². The van der Waals surface area contributed by atoms with Crippen molar-refractivity contribution in [2.24, 2.45) is 5.73 Å². The molecular weight excluding hydrogens is 322 g/mol. The van der Waals surface area contributed by atoms with Crippen LogP contribution in [0.2, 0.25) is 0 Å². The molecule has 0 aromatic heterocycles. The zero-order chi connectivity index (χ0) is 13.2. The van der Waals surface area contributed by atoms with Gasteiger partial charge >= 0.3 is 0 Å². The molecule has 0 saturated heterocycles. The predicted molar refractivity (Wildman–Crippen MR) is 76.5 cm³/mol. The first kappa shape index (κ1) is 15.0. The fraction of sp³-hybridized carbons (Fsp3) is 0.455. The van der Waals surface area contributed by atoms with Crippen molar-refractivity contribution >= 4 is 37.5 Å². The summed E-state index contributed by atoms with van der Waals surface area (Å²) in [5.41, 5.74) is 6.56. The van der Waals surface area contributed by atoms with Crippen LogP contribution < -0.4 is 5.73 Å². The van der Waals surface area contributed by atoms with Crippen molar-refractivity contribution in [3.05, 3.63) is 22.2 Å². The third kappa shape index (κ3) is 3.47. The molecule has 0 aliphatic rings. The van der Waals surface area contributed by atoms with Crippen LogP contribution in [0.3, 0.4) is 0 Å². The summed E-state index contributed by atoms with van der Waals surface area (Å²) in [4.78, 5) is 1.12. The van der Waals surface area contributed by atoms with Gasteiger partial charge in [0, 0.05) is 15.6 Å². The molecule has 1 atom stereocenters. The summed E-state index contributed by atoms with van der Waals surface area (Å²) in [5.74, 6) is 0.141. The highest BCUT2D eigenvalue weighted by atomic mass is 79.9. The van der Waals surface area contributed by atoms with Gasteiger partial charge < -0.3 is 5.73 Å². The fourth-order valence-electron chi connectivity index (χ4n) is 1.48. The van der Waals surface area contributed by atoms with Crippen LogP contribution in [0.1, 0.15) is 18.4 Å². The van der Waals surface area contributed by atoms with Gasteiger partial charge in [0.2, 0.25) is 0 Å². The molecule has 1 unspecified atom stereocenters. The SMILES string of the molecule is CSc1c(Br)cc(C(C)CN)cc1S(C)(=O)=O. The maximum Gasteiger partial charge on any atom is 0.176 e. The molecule has 0 aliphatic carbocycles. The smallest absolute Gasteiger partial charge is 0.176 e. The summed E-state index contributed by atoms with van der Waals surface area (Å²) in [6.07, 6.45) is 3.09. The Morgan fingerprint density at radius 3 is 2.47 bits per heavy atom. The van der Waals surface area contributed by atoms with Crippen LogP contribution >= 0.6 is 27.7 Å². The first-order valence-electron chi connectivity index (χ1n) is 5.08. The van der Waals surface area contributed by atoms with E-state index in [1.165, 1.54) is 18.0 Å². The van der Waals surface area contributed by atoms with Crippen LogP contribution in [0.4, 0.5) is 0 Å². The van der Waals surface area contributed by atoms with Gasteiger partial charge in [0.15, 0.2) is 9.84 Å². The van der Waals surface area contributed by atoms with Crippen molar-refractivity contribution in [2.45, 2.75) is 22.6 Å². The van der Waals surface area contributed by atoms with Crippen LogP contribution in [-0.2, 0) is 9.84 Å². The Hall–Kier alpha value is -0.0400. The molecule has 1 aromatic rings. The molecule has 0 saturated carbocycles. The molecule has 0 aliphatic heterocycles. The second-order valence-corrected chi connectivity index (χ2v) is 7.60. The van der Waals surface area contributed by atoms with Gasteiger partial charge in [0.05, 0.1) is 4.90 Å². The molecule has 3 nitrogen and oxygen atoms in total. The van der Waals surface area contributed by atoms with Gasteiger partial charge in [-0.3, -0.25) is 0 Å². The van der Waals surface area contributed by atoms with Gasteiger partial charge in [-0.15, -0.1) is 11.8 Å². The molecule has 1 rings (SSSR count). The monoisotopic (exact) mass is 337 g/mol. The molecule has 0 heterocycles. The molecule has 96 valence electrons. The maximum absolute atomic E-state index is 11.8. The Bertz CT molecular complexity index is 514. The Morgan fingerprint density at radius 1 is 1.47 bits per heavy atom. The number of thioether (sulfide) groups is 1. The second-order valence-electron chi connectivity index (χ2n) is 3.94. The summed E-state index contributed by atoms with van der Waals surface area (Å²) in [6.45, 7) is 2.47. The fourth-order valence-corrected chi connectivity index (χ4v) is 4.59. The van der Waals surface area contributed by atoms with Crippen molar-refractivity contribution in [3.63, 3.8) is 0 Å². The van der Waals surface area contributed by atoms with E-state index in [1.807, 2.05) is 19.2 Å². The van der Waals surface area contributed by atoms with Crippen LogP contribution in [-0.4, -0.2) is 27.5 Å². The lowest BCUT2D eigenvalue weighted by Gasteiger charge is -2.14. The quantitative estimate of drug-likeness (QED) is 0.858. The van der Waals surface area contributed by atoms with E-state index in [2.05, 4.69) is 15.9 Å². The first-order valence-corrected chi connectivity index (χ1v) is 8.99. The number of benzene rings is 1. The second kappa shape index (κ2) is 5.73. The first-order chi connectivity index (χ1) is 7.81. The van der Waals surface area contributed by atoms with E-state index >= 15 is 0 Å². The summed E-state index contributed by atoms with van der Waals surface area (Å²) in [7, 11) is -3.22. The number of sulfone groups is 1. The highest BCUT2D eigenvalue weighted by Crippen LogP contribution is 2.35. The van der Waals surface area contributed by atoms with E-state index in [1.54, 1.807) is 6.07 Å². The lowest BCUT2D eigenvalue weighted by Crippen LogP contribution is -2.10. The predicted octanol–water partition coefficient (Wildman–Crippen LogP) is 2.64. The lowest BCUT2D eigenvalue weighted by molar-refractivity contribution is 0.599. The molecular formula is C11H16BrNO2S2. The minimum absolute atomic E-state index is 0.141. The van der Waals surface area contributed by atoms with E-state index < -0.39 is 9.84 Å². The Balaban J connectivity index is 3.50. The van der Waals surface area contributed by atoms with E-state index in [4.69, 9.17) is 5.73 Å². The van der Waals surface area contributed by atoms with Crippen molar-refractivity contribution < 1.29 is 8.42 Å². The van der Waals surface area contributed by atoms with Crippen LogP contribution in [0.5, 0.6) is 0 Å². The molecule has 0 spiro atoms. The van der Waals surface area contributed by atoms with Gasteiger partial charge in [-0.1, -0.05) is 6.92 Å². The Kier molecular flexibility index (Phi) is 5.07. The number of hydrogen-bond acceptors (Lipinski definition) is 4.